The van der Waals surface area contributed by atoms with E-state index < -0.39 is 26.6 Å². The normalized spacial score (nSPS) is 11.7. The van der Waals surface area contributed by atoms with Crippen molar-refractivity contribution < 1.29 is 17.2 Å². The molecule has 2 heterocycles. The lowest BCUT2D eigenvalue weighted by Gasteiger charge is -2.10. The molecule has 1 N–H and O–H groups in total. The molecule has 0 aliphatic heterocycles. The van der Waals surface area contributed by atoms with Crippen LogP contribution in [0.4, 0.5) is 14.5 Å². The fourth-order valence-electron chi connectivity index (χ4n) is 2.88. The Labute approximate surface area is 160 Å². The predicted octanol–water partition coefficient (Wildman–Crippen LogP) is 4.39. The number of nitrogens with zero attached hydrogens (tertiary/aromatic N) is 2. The molecule has 142 valence electrons. The maximum absolute atomic E-state index is 13.8. The van der Waals surface area contributed by atoms with E-state index in [0.717, 1.165) is 40.7 Å². The Hall–Kier alpha value is -3.26. The zero-order chi connectivity index (χ0) is 19.9. The smallest absolute Gasteiger partial charge is 0.267 e. The SMILES string of the molecule is Cc1ccn2cc(-c3ccc(NS(=O)(=O)c4c(F)cccc4F)cc3)nc2c1. The van der Waals surface area contributed by atoms with Crippen molar-refractivity contribution in [2.45, 2.75) is 11.8 Å². The van der Waals surface area contributed by atoms with E-state index in [1.54, 1.807) is 12.1 Å². The van der Waals surface area contributed by atoms with Crippen molar-refractivity contribution >= 4 is 21.4 Å². The third-order valence-electron chi connectivity index (χ3n) is 4.24. The van der Waals surface area contributed by atoms with Crippen LogP contribution in [-0.2, 0) is 10.0 Å². The number of pyridine rings is 1. The van der Waals surface area contributed by atoms with Crippen LogP contribution in [0, 0.1) is 18.6 Å². The van der Waals surface area contributed by atoms with E-state index in [-0.39, 0.29) is 5.69 Å². The molecule has 0 saturated carbocycles. The first-order chi connectivity index (χ1) is 13.3. The number of fused-ring (bicyclic) bond motifs is 1. The molecule has 0 bridgehead atoms. The monoisotopic (exact) mass is 399 g/mol. The van der Waals surface area contributed by atoms with Crippen molar-refractivity contribution in [1.82, 2.24) is 9.38 Å². The summed E-state index contributed by atoms with van der Waals surface area (Å²) in [6.07, 6.45) is 3.77. The standard InChI is InChI=1S/C20H15F2N3O2S/c1-13-9-10-25-12-18(23-19(25)11-13)14-5-7-15(8-6-14)24-28(26,27)20-16(21)3-2-4-17(20)22/h2-12,24H,1H3. The molecule has 0 amide bonds. The lowest BCUT2D eigenvalue weighted by atomic mass is 10.1. The van der Waals surface area contributed by atoms with Gasteiger partial charge in [0.2, 0.25) is 0 Å². The Bertz CT molecular complexity index is 1260. The number of benzene rings is 2. The highest BCUT2D eigenvalue weighted by Crippen LogP contribution is 2.25. The van der Waals surface area contributed by atoms with E-state index in [2.05, 4.69) is 9.71 Å². The molecule has 8 heteroatoms. The van der Waals surface area contributed by atoms with Crippen molar-refractivity contribution in [3.63, 3.8) is 0 Å². The molecule has 5 nitrogen and oxygen atoms in total. The number of sulfonamides is 1. The van der Waals surface area contributed by atoms with Crippen LogP contribution in [0.2, 0.25) is 0 Å². The number of hydrogen-bond acceptors (Lipinski definition) is 3. The van der Waals surface area contributed by atoms with Gasteiger partial charge < -0.3 is 4.40 Å². The molecule has 2 aromatic carbocycles. The molecule has 0 fully saturated rings. The summed E-state index contributed by atoms with van der Waals surface area (Å²) in [5, 5.41) is 0. The van der Waals surface area contributed by atoms with Crippen molar-refractivity contribution in [2.24, 2.45) is 0 Å². The van der Waals surface area contributed by atoms with E-state index in [0.29, 0.717) is 0 Å². The van der Waals surface area contributed by atoms with Gasteiger partial charge in [-0.2, -0.15) is 0 Å². The topological polar surface area (TPSA) is 63.5 Å². The van der Waals surface area contributed by atoms with E-state index >= 15 is 0 Å². The molecule has 0 aliphatic carbocycles. The van der Waals surface area contributed by atoms with Crippen LogP contribution in [0.1, 0.15) is 5.56 Å². The molecule has 0 aliphatic rings. The molecule has 4 rings (SSSR count). The molecule has 0 atom stereocenters. The van der Waals surface area contributed by atoms with Gasteiger partial charge in [0.1, 0.15) is 17.3 Å². The van der Waals surface area contributed by atoms with Crippen LogP contribution in [0.5, 0.6) is 0 Å². The summed E-state index contributed by atoms with van der Waals surface area (Å²) >= 11 is 0. The third kappa shape index (κ3) is 3.34. The van der Waals surface area contributed by atoms with Crippen LogP contribution < -0.4 is 4.72 Å². The Morgan fingerprint density at radius 1 is 1.00 bits per heavy atom. The van der Waals surface area contributed by atoms with Gasteiger partial charge in [-0.05, 0) is 48.9 Å². The van der Waals surface area contributed by atoms with E-state index in [9.17, 15) is 17.2 Å². The van der Waals surface area contributed by atoms with Crippen molar-refractivity contribution in [3.05, 3.63) is 84.2 Å². The number of aryl methyl sites for hydroxylation is 1. The first kappa shape index (κ1) is 18.1. The second-order valence-corrected chi connectivity index (χ2v) is 7.95. The summed E-state index contributed by atoms with van der Waals surface area (Å²) in [4.78, 5) is 3.54. The Morgan fingerprint density at radius 3 is 2.36 bits per heavy atom. The number of halogens is 2. The van der Waals surface area contributed by atoms with Crippen LogP contribution >= 0.6 is 0 Å². The number of hydrogen-bond donors (Lipinski definition) is 1. The van der Waals surface area contributed by atoms with Gasteiger partial charge in [0.05, 0.1) is 5.69 Å². The van der Waals surface area contributed by atoms with Crippen molar-refractivity contribution in [3.8, 4) is 11.3 Å². The highest BCUT2D eigenvalue weighted by Gasteiger charge is 2.23. The predicted molar refractivity (Wildman–Crippen MR) is 103 cm³/mol. The average Bonchev–Trinajstić information content (AvgIpc) is 3.04. The van der Waals surface area contributed by atoms with E-state index in [1.165, 1.54) is 12.1 Å². The molecule has 0 unspecified atom stereocenters. The van der Waals surface area contributed by atoms with Gasteiger partial charge in [0, 0.05) is 23.6 Å². The number of anilines is 1. The summed E-state index contributed by atoms with van der Waals surface area (Å²) in [5.41, 5.74) is 3.58. The first-order valence-corrected chi connectivity index (χ1v) is 9.84. The lowest BCUT2D eigenvalue weighted by Crippen LogP contribution is -2.16. The van der Waals surface area contributed by atoms with Gasteiger partial charge in [0.15, 0.2) is 4.90 Å². The fraction of sp³-hybridized carbons (Fsp3) is 0.0500. The largest absolute Gasteiger partial charge is 0.306 e. The van der Waals surface area contributed by atoms with Crippen LogP contribution in [0.25, 0.3) is 16.9 Å². The number of aromatic nitrogens is 2. The van der Waals surface area contributed by atoms with Gasteiger partial charge >= 0.3 is 0 Å². The van der Waals surface area contributed by atoms with Gasteiger partial charge in [-0.1, -0.05) is 18.2 Å². The summed E-state index contributed by atoms with van der Waals surface area (Å²) < 4.78 is 56.4. The van der Waals surface area contributed by atoms with Crippen LogP contribution in [-0.4, -0.2) is 17.8 Å². The quantitative estimate of drug-likeness (QED) is 0.554. The molecule has 0 saturated heterocycles. The van der Waals surface area contributed by atoms with Crippen molar-refractivity contribution in [2.75, 3.05) is 4.72 Å². The van der Waals surface area contributed by atoms with Crippen LogP contribution in [0.3, 0.4) is 0 Å². The van der Waals surface area contributed by atoms with Gasteiger partial charge in [-0.3, -0.25) is 4.72 Å². The van der Waals surface area contributed by atoms with E-state index in [1.807, 2.05) is 35.9 Å². The molecular weight excluding hydrogens is 384 g/mol. The minimum Gasteiger partial charge on any atom is -0.306 e. The average molecular weight is 399 g/mol. The van der Waals surface area contributed by atoms with Gasteiger partial charge in [0.25, 0.3) is 10.0 Å². The summed E-state index contributed by atoms with van der Waals surface area (Å²) in [6.45, 7) is 1.98. The lowest BCUT2D eigenvalue weighted by molar-refractivity contribution is 0.521. The van der Waals surface area contributed by atoms with E-state index in [4.69, 9.17) is 0 Å². The third-order valence-corrected chi connectivity index (χ3v) is 5.67. The summed E-state index contributed by atoms with van der Waals surface area (Å²) in [5.74, 6) is -2.30. The van der Waals surface area contributed by atoms with Gasteiger partial charge in [-0.15, -0.1) is 0 Å². The fourth-order valence-corrected chi connectivity index (χ4v) is 4.08. The first-order valence-electron chi connectivity index (χ1n) is 8.36. The highest BCUT2D eigenvalue weighted by molar-refractivity contribution is 7.92. The minimum atomic E-state index is -4.40. The zero-order valence-electron chi connectivity index (χ0n) is 14.7. The Kier molecular flexibility index (Phi) is 4.35. The van der Waals surface area contributed by atoms with Crippen LogP contribution in [0.15, 0.2) is 71.9 Å². The Balaban J connectivity index is 1.62. The molecule has 0 radical (unpaired) electrons. The second kappa shape index (κ2) is 6.72. The molecule has 4 aromatic rings. The maximum atomic E-state index is 13.8. The zero-order valence-corrected chi connectivity index (χ0v) is 15.5. The number of rotatable bonds is 4. The highest BCUT2D eigenvalue weighted by atomic mass is 32.2. The maximum Gasteiger partial charge on any atom is 0.267 e. The van der Waals surface area contributed by atoms with Gasteiger partial charge in [-0.25, -0.2) is 22.2 Å². The molecular formula is C20H15F2N3O2S. The molecule has 2 aromatic heterocycles. The molecule has 28 heavy (non-hydrogen) atoms. The summed E-state index contributed by atoms with van der Waals surface area (Å²) in [6, 6.07) is 13.2. The number of nitrogens with one attached hydrogen (secondary N) is 1. The Morgan fingerprint density at radius 2 is 1.68 bits per heavy atom. The minimum absolute atomic E-state index is 0.186. The number of imidazole rings is 1. The van der Waals surface area contributed by atoms with Crippen molar-refractivity contribution in [1.29, 1.82) is 0 Å². The second-order valence-electron chi connectivity index (χ2n) is 6.33. The molecule has 0 spiro atoms. The summed E-state index contributed by atoms with van der Waals surface area (Å²) in [7, 11) is -4.40.